The van der Waals surface area contributed by atoms with Crippen LogP contribution in [0.15, 0.2) is 60.7 Å². The van der Waals surface area contributed by atoms with Crippen LogP contribution in [0.3, 0.4) is 0 Å². The molecule has 1 aromatic heterocycles. The zero-order valence-corrected chi connectivity index (χ0v) is 10.4. The summed E-state index contributed by atoms with van der Waals surface area (Å²) in [5.41, 5.74) is 4.86. The van der Waals surface area contributed by atoms with E-state index in [1.807, 2.05) is 6.07 Å². The number of aromatic nitrogens is 1. The predicted molar refractivity (Wildman–Crippen MR) is 75.7 cm³/mol. The highest BCUT2D eigenvalue weighted by Gasteiger charge is 2.04. The molecule has 0 aliphatic carbocycles. The molecule has 3 aromatic rings. The molecule has 0 saturated heterocycles. The number of hydrogen-bond donors (Lipinski definition) is 0. The van der Waals surface area contributed by atoms with Crippen molar-refractivity contribution in [2.45, 2.75) is 13.3 Å². The van der Waals surface area contributed by atoms with Crippen molar-refractivity contribution in [3.8, 4) is 0 Å². The standard InChI is InChI=1S/C17H15N/c1-13-11-15(12-14-7-3-2-4-8-14)16-9-5-6-10-17(16)18-13/h2-11H,12H2,1H3. The van der Waals surface area contributed by atoms with E-state index in [2.05, 4.69) is 66.5 Å². The lowest BCUT2D eigenvalue weighted by atomic mass is 10.0. The first-order chi connectivity index (χ1) is 8.83. The lowest BCUT2D eigenvalue weighted by Gasteiger charge is -2.08. The number of para-hydroxylation sites is 1. The van der Waals surface area contributed by atoms with Gasteiger partial charge in [0.15, 0.2) is 0 Å². The highest BCUT2D eigenvalue weighted by molar-refractivity contribution is 5.82. The molecule has 0 fully saturated rings. The van der Waals surface area contributed by atoms with Gasteiger partial charge in [0.1, 0.15) is 0 Å². The molecule has 0 radical (unpaired) electrons. The number of benzene rings is 2. The highest BCUT2D eigenvalue weighted by Crippen LogP contribution is 2.20. The summed E-state index contributed by atoms with van der Waals surface area (Å²) in [6.45, 7) is 2.06. The number of fused-ring (bicyclic) bond motifs is 1. The van der Waals surface area contributed by atoms with Gasteiger partial charge in [-0.2, -0.15) is 0 Å². The average molecular weight is 233 g/mol. The molecule has 3 rings (SSSR count). The normalized spacial score (nSPS) is 10.7. The molecular formula is C17H15N. The third-order valence-electron chi connectivity index (χ3n) is 3.17. The van der Waals surface area contributed by atoms with E-state index in [0.29, 0.717) is 0 Å². The monoisotopic (exact) mass is 233 g/mol. The van der Waals surface area contributed by atoms with Crippen molar-refractivity contribution in [1.29, 1.82) is 0 Å². The third kappa shape index (κ3) is 2.12. The van der Waals surface area contributed by atoms with Crippen LogP contribution in [0.2, 0.25) is 0 Å². The zero-order valence-electron chi connectivity index (χ0n) is 10.4. The summed E-state index contributed by atoms with van der Waals surface area (Å²) in [5.74, 6) is 0. The molecule has 88 valence electrons. The van der Waals surface area contributed by atoms with E-state index in [4.69, 9.17) is 0 Å². The Labute approximate surface area is 107 Å². The summed E-state index contributed by atoms with van der Waals surface area (Å²) in [4.78, 5) is 4.58. The second kappa shape index (κ2) is 4.61. The Morgan fingerprint density at radius 2 is 1.61 bits per heavy atom. The van der Waals surface area contributed by atoms with E-state index in [-0.39, 0.29) is 0 Å². The fourth-order valence-electron chi connectivity index (χ4n) is 2.36. The minimum absolute atomic E-state index is 0.963. The number of aryl methyl sites for hydroxylation is 1. The van der Waals surface area contributed by atoms with Gasteiger partial charge in [-0.15, -0.1) is 0 Å². The van der Waals surface area contributed by atoms with Gasteiger partial charge in [-0.05, 0) is 36.6 Å². The van der Waals surface area contributed by atoms with Crippen LogP contribution in [0.4, 0.5) is 0 Å². The zero-order chi connectivity index (χ0) is 12.4. The highest BCUT2D eigenvalue weighted by atomic mass is 14.7. The second-order valence-corrected chi connectivity index (χ2v) is 4.60. The Bertz CT molecular complexity index is 672. The summed E-state index contributed by atoms with van der Waals surface area (Å²) in [6.07, 6.45) is 0.963. The smallest absolute Gasteiger partial charge is 0.0708 e. The van der Waals surface area contributed by atoms with E-state index >= 15 is 0 Å². The largest absolute Gasteiger partial charge is 0.253 e. The Hall–Kier alpha value is -2.15. The van der Waals surface area contributed by atoms with Crippen molar-refractivity contribution in [2.75, 3.05) is 0 Å². The van der Waals surface area contributed by atoms with Crippen molar-refractivity contribution >= 4 is 10.9 Å². The maximum atomic E-state index is 4.58. The van der Waals surface area contributed by atoms with Crippen molar-refractivity contribution in [2.24, 2.45) is 0 Å². The summed E-state index contributed by atoms with van der Waals surface area (Å²) in [5, 5.41) is 1.26. The van der Waals surface area contributed by atoms with Crippen molar-refractivity contribution in [3.63, 3.8) is 0 Å². The molecule has 1 heterocycles. The molecule has 1 heteroatoms. The minimum Gasteiger partial charge on any atom is -0.253 e. The first kappa shape index (κ1) is 11.0. The molecule has 0 aliphatic rings. The molecule has 0 N–H and O–H groups in total. The predicted octanol–water partition coefficient (Wildman–Crippen LogP) is 4.13. The van der Waals surface area contributed by atoms with Gasteiger partial charge >= 0.3 is 0 Å². The lowest BCUT2D eigenvalue weighted by molar-refractivity contribution is 1.16. The Kier molecular flexibility index (Phi) is 2.81. The van der Waals surface area contributed by atoms with Crippen LogP contribution in [-0.4, -0.2) is 4.98 Å². The van der Waals surface area contributed by atoms with Crippen LogP contribution < -0.4 is 0 Å². The first-order valence-corrected chi connectivity index (χ1v) is 6.22. The van der Waals surface area contributed by atoms with Crippen LogP contribution in [0.25, 0.3) is 10.9 Å². The van der Waals surface area contributed by atoms with Gasteiger partial charge in [-0.3, -0.25) is 4.98 Å². The number of rotatable bonds is 2. The first-order valence-electron chi connectivity index (χ1n) is 6.22. The molecule has 0 amide bonds. The molecule has 1 nitrogen and oxygen atoms in total. The van der Waals surface area contributed by atoms with Crippen LogP contribution >= 0.6 is 0 Å². The molecule has 18 heavy (non-hydrogen) atoms. The maximum Gasteiger partial charge on any atom is 0.0708 e. The molecule has 0 bridgehead atoms. The molecule has 0 aliphatic heterocycles. The summed E-state index contributed by atoms with van der Waals surface area (Å²) >= 11 is 0. The Balaban J connectivity index is 2.11. The Morgan fingerprint density at radius 3 is 2.44 bits per heavy atom. The second-order valence-electron chi connectivity index (χ2n) is 4.60. The number of hydrogen-bond acceptors (Lipinski definition) is 1. The molecule has 0 saturated carbocycles. The SMILES string of the molecule is Cc1cc(Cc2ccccc2)c2ccccc2n1. The topological polar surface area (TPSA) is 12.9 Å². The quantitative estimate of drug-likeness (QED) is 0.648. The average Bonchev–Trinajstić information content (AvgIpc) is 2.40. The van der Waals surface area contributed by atoms with Crippen molar-refractivity contribution in [3.05, 3.63) is 77.5 Å². The summed E-state index contributed by atoms with van der Waals surface area (Å²) < 4.78 is 0. The van der Waals surface area contributed by atoms with E-state index in [9.17, 15) is 0 Å². The van der Waals surface area contributed by atoms with Gasteiger partial charge in [0.2, 0.25) is 0 Å². The van der Waals surface area contributed by atoms with Crippen LogP contribution in [0, 0.1) is 6.92 Å². The van der Waals surface area contributed by atoms with Gasteiger partial charge < -0.3 is 0 Å². The van der Waals surface area contributed by atoms with Crippen LogP contribution in [0.1, 0.15) is 16.8 Å². The van der Waals surface area contributed by atoms with E-state index in [1.54, 1.807) is 0 Å². The molecule has 0 spiro atoms. The van der Waals surface area contributed by atoms with Gasteiger partial charge in [0.05, 0.1) is 5.52 Å². The summed E-state index contributed by atoms with van der Waals surface area (Å²) in [6, 6.07) is 21.1. The number of nitrogens with zero attached hydrogens (tertiary/aromatic N) is 1. The van der Waals surface area contributed by atoms with Crippen LogP contribution in [0.5, 0.6) is 0 Å². The van der Waals surface area contributed by atoms with E-state index < -0.39 is 0 Å². The maximum absolute atomic E-state index is 4.58. The fourth-order valence-corrected chi connectivity index (χ4v) is 2.36. The molecule has 2 aromatic carbocycles. The van der Waals surface area contributed by atoms with Gasteiger partial charge in [0, 0.05) is 11.1 Å². The van der Waals surface area contributed by atoms with E-state index in [0.717, 1.165) is 17.6 Å². The molecular weight excluding hydrogens is 218 g/mol. The molecule has 0 unspecified atom stereocenters. The van der Waals surface area contributed by atoms with E-state index in [1.165, 1.54) is 16.5 Å². The van der Waals surface area contributed by atoms with Gasteiger partial charge in [-0.25, -0.2) is 0 Å². The molecule has 0 atom stereocenters. The number of pyridine rings is 1. The minimum atomic E-state index is 0.963. The van der Waals surface area contributed by atoms with Crippen molar-refractivity contribution < 1.29 is 0 Å². The lowest BCUT2D eigenvalue weighted by Crippen LogP contribution is -1.93. The summed E-state index contributed by atoms with van der Waals surface area (Å²) in [7, 11) is 0. The van der Waals surface area contributed by atoms with Gasteiger partial charge in [0.25, 0.3) is 0 Å². The van der Waals surface area contributed by atoms with Crippen molar-refractivity contribution in [1.82, 2.24) is 4.98 Å². The fraction of sp³-hybridized carbons (Fsp3) is 0.118. The van der Waals surface area contributed by atoms with Crippen LogP contribution in [-0.2, 0) is 6.42 Å². The Morgan fingerprint density at radius 1 is 0.889 bits per heavy atom. The van der Waals surface area contributed by atoms with Gasteiger partial charge in [-0.1, -0.05) is 48.5 Å². The third-order valence-corrected chi connectivity index (χ3v) is 3.17.